The van der Waals surface area contributed by atoms with Gasteiger partial charge in [0.2, 0.25) is 0 Å². The lowest BCUT2D eigenvalue weighted by Crippen LogP contribution is -2.33. The molecule has 0 bridgehead atoms. The largest absolute Gasteiger partial charge is 0.382 e. The minimum atomic E-state index is -0.568. The number of rotatable bonds is 7. The molecule has 0 fully saturated rings. The third-order valence-corrected chi connectivity index (χ3v) is 4.05. The molecule has 0 aromatic carbocycles. The van der Waals surface area contributed by atoms with Gasteiger partial charge in [0.25, 0.3) is 5.56 Å². The molecule has 0 saturated carbocycles. The fourth-order valence-corrected chi connectivity index (χ4v) is 2.70. The van der Waals surface area contributed by atoms with E-state index in [1.165, 1.54) is 4.57 Å². The molecule has 0 spiro atoms. The van der Waals surface area contributed by atoms with Crippen molar-refractivity contribution in [3.63, 3.8) is 0 Å². The Bertz CT molecular complexity index is 708. The smallest absolute Gasteiger partial charge is 0.331 e. The van der Waals surface area contributed by atoms with Crippen LogP contribution in [0.5, 0.6) is 0 Å². The summed E-state index contributed by atoms with van der Waals surface area (Å²) in [5.74, 6) is 0.270. The van der Waals surface area contributed by atoms with Crippen LogP contribution >= 0.6 is 11.6 Å². The van der Waals surface area contributed by atoms with E-state index >= 15 is 0 Å². The first kappa shape index (κ1) is 17.7. The molecule has 2 rings (SSSR count). The molecule has 7 nitrogen and oxygen atoms in total. The van der Waals surface area contributed by atoms with Gasteiger partial charge < -0.3 is 9.47 Å². The van der Waals surface area contributed by atoms with E-state index in [1.807, 2.05) is 0 Å². The van der Waals surface area contributed by atoms with Crippen molar-refractivity contribution >= 4 is 22.6 Å². The molecule has 0 radical (unpaired) electrons. The highest BCUT2D eigenvalue weighted by atomic mass is 35.5. The number of aromatic amines is 1. The molecule has 23 heavy (non-hydrogen) atoms. The first-order valence-corrected chi connectivity index (χ1v) is 7.74. The fourth-order valence-electron chi connectivity index (χ4n) is 2.42. The van der Waals surface area contributed by atoms with Crippen LogP contribution in [-0.2, 0) is 22.6 Å². The monoisotopic (exact) mass is 341 g/mol. The third kappa shape index (κ3) is 4.19. The molecule has 1 aliphatic rings. The molecular formula is C15H20ClN3O4. The molecular weight excluding hydrogens is 322 g/mol. The van der Waals surface area contributed by atoms with Crippen LogP contribution in [0, 0.1) is 5.92 Å². The number of ether oxygens (including phenoxy) is 2. The summed E-state index contributed by atoms with van der Waals surface area (Å²) in [6.45, 7) is 4.42. The fraction of sp³-hybridized carbons (Fsp3) is 0.533. The maximum atomic E-state index is 12.1. The lowest BCUT2D eigenvalue weighted by Gasteiger charge is -2.11. The van der Waals surface area contributed by atoms with Crippen molar-refractivity contribution in [2.75, 3.05) is 20.3 Å². The Kier molecular flexibility index (Phi) is 6.32. The molecule has 1 aromatic heterocycles. The zero-order chi connectivity index (χ0) is 16.8. The number of methoxy groups -OCH3 is 1. The van der Waals surface area contributed by atoms with Crippen molar-refractivity contribution in [2.24, 2.45) is 10.9 Å². The van der Waals surface area contributed by atoms with Crippen molar-refractivity contribution in [3.8, 4) is 0 Å². The van der Waals surface area contributed by atoms with Gasteiger partial charge in [-0.1, -0.05) is 17.7 Å². The number of aromatic nitrogens is 2. The Morgan fingerprint density at radius 2 is 2.26 bits per heavy atom. The van der Waals surface area contributed by atoms with Crippen LogP contribution < -0.4 is 11.2 Å². The zero-order valence-corrected chi connectivity index (χ0v) is 13.8. The van der Waals surface area contributed by atoms with E-state index in [2.05, 4.69) is 16.6 Å². The van der Waals surface area contributed by atoms with Gasteiger partial charge in [-0.2, -0.15) is 0 Å². The topological polar surface area (TPSA) is 85.7 Å². The number of nitrogens with zero attached hydrogens (tertiary/aromatic N) is 2. The van der Waals surface area contributed by atoms with Crippen molar-refractivity contribution in [1.29, 1.82) is 0 Å². The van der Waals surface area contributed by atoms with Gasteiger partial charge in [-0.25, -0.2) is 9.79 Å². The normalized spacial score (nSPS) is 17.3. The van der Waals surface area contributed by atoms with Gasteiger partial charge in [-0.05, 0) is 19.3 Å². The summed E-state index contributed by atoms with van der Waals surface area (Å²) in [5, 5.41) is 0.374. The number of halogens is 1. The van der Waals surface area contributed by atoms with E-state index in [9.17, 15) is 9.59 Å². The van der Waals surface area contributed by atoms with E-state index in [4.69, 9.17) is 21.1 Å². The van der Waals surface area contributed by atoms with Gasteiger partial charge in [-0.15, -0.1) is 6.58 Å². The van der Waals surface area contributed by atoms with Crippen LogP contribution in [0.1, 0.15) is 18.4 Å². The maximum Gasteiger partial charge on any atom is 0.331 e. The minimum Gasteiger partial charge on any atom is -0.382 e. The SMILES string of the molecule is C=CCC1CCc2c(n(COCCOC)c(=O)[nH]c2=O)N=C1Cl. The van der Waals surface area contributed by atoms with E-state index in [1.54, 1.807) is 13.2 Å². The molecule has 126 valence electrons. The Morgan fingerprint density at radius 1 is 1.48 bits per heavy atom. The van der Waals surface area contributed by atoms with Gasteiger partial charge in [0, 0.05) is 13.0 Å². The van der Waals surface area contributed by atoms with E-state index in [-0.39, 0.29) is 18.5 Å². The zero-order valence-electron chi connectivity index (χ0n) is 13.0. The second kappa shape index (κ2) is 8.24. The predicted octanol–water partition coefficient (Wildman–Crippen LogP) is 1.56. The number of hydrogen-bond acceptors (Lipinski definition) is 5. The molecule has 8 heteroatoms. The summed E-state index contributed by atoms with van der Waals surface area (Å²) in [4.78, 5) is 30.8. The van der Waals surface area contributed by atoms with Crippen LogP contribution in [0.15, 0.2) is 27.2 Å². The van der Waals surface area contributed by atoms with E-state index in [0.29, 0.717) is 43.2 Å². The molecule has 0 amide bonds. The Morgan fingerprint density at radius 3 is 2.96 bits per heavy atom. The third-order valence-electron chi connectivity index (χ3n) is 3.66. The van der Waals surface area contributed by atoms with Crippen LogP contribution in [0.2, 0.25) is 0 Å². The highest BCUT2D eigenvalue weighted by Crippen LogP contribution is 2.27. The second-order valence-corrected chi connectivity index (χ2v) is 5.60. The molecule has 0 aliphatic carbocycles. The lowest BCUT2D eigenvalue weighted by atomic mass is 9.99. The van der Waals surface area contributed by atoms with Crippen LogP contribution in [-0.4, -0.2) is 35.0 Å². The molecule has 2 heterocycles. The van der Waals surface area contributed by atoms with Gasteiger partial charge >= 0.3 is 5.69 Å². The number of aliphatic imine (C=N–C) groups is 1. The standard InChI is InChI=1S/C15H20ClN3O4/c1-3-4-10-5-6-11-13(17-12(10)16)19(9-23-8-7-22-2)15(21)18-14(11)20/h3,10H,1,4-9H2,2H3,(H,18,20,21). The van der Waals surface area contributed by atoms with Crippen LogP contribution in [0.3, 0.4) is 0 Å². The molecule has 1 N–H and O–H groups in total. The lowest BCUT2D eigenvalue weighted by molar-refractivity contribution is 0.0327. The van der Waals surface area contributed by atoms with Crippen LogP contribution in [0.4, 0.5) is 5.82 Å². The molecule has 0 saturated heterocycles. The minimum absolute atomic E-state index is 0.000992. The summed E-state index contributed by atoms with van der Waals surface area (Å²) in [6, 6.07) is 0. The summed E-state index contributed by atoms with van der Waals surface area (Å²) >= 11 is 6.27. The number of fused-ring (bicyclic) bond motifs is 1. The Labute approximate surface area is 138 Å². The molecule has 1 atom stereocenters. The van der Waals surface area contributed by atoms with E-state index < -0.39 is 11.2 Å². The van der Waals surface area contributed by atoms with E-state index in [0.717, 1.165) is 0 Å². The average Bonchev–Trinajstić information content (AvgIpc) is 2.67. The summed E-state index contributed by atoms with van der Waals surface area (Å²) in [7, 11) is 1.56. The van der Waals surface area contributed by atoms with Crippen LogP contribution in [0.25, 0.3) is 0 Å². The van der Waals surface area contributed by atoms with Gasteiger partial charge in [0.1, 0.15) is 17.7 Å². The van der Waals surface area contributed by atoms with Gasteiger partial charge in [0.15, 0.2) is 0 Å². The first-order valence-electron chi connectivity index (χ1n) is 7.36. The maximum absolute atomic E-state index is 12.1. The van der Waals surface area contributed by atoms with Crippen molar-refractivity contribution in [1.82, 2.24) is 9.55 Å². The summed E-state index contributed by atoms with van der Waals surface area (Å²) < 4.78 is 11.6. The summed E-state index contributed by atoms with van der Waals surface area (Å²) in [5.41, 5.74) is -0.545. The predicted molar refractivity (Wildman–Crippen MR) is 88.7 cm³/mol. The Hall–Kier alpha value is -1.70. The molecule has 1 unspecified atom stereocenters. The average molecular weight is 342 g/mol. The molecule has 1 aromatic rings. The number of hydrogen-bond donors (Lipinski definition) is 1. The van der Waals surface area contributed by atoms with Gasteiger partial charge in [0.05, 0.1) is 18.8 Å². The highest BCUT2D eigenvalue weighted by Gasteiger charge is 2.23. The molecule has 1 aliphatic heterocycles. The second-order valence-electron chi connectivity index (χ2n) is 5.21. The number of allylic oxidation sites excluding steroid dienone is 1. The van der Waals surface area contributed by atoms with Gasteiger partial charge in [-0.3, -0.25) is 14.3 Å². The highest BCUT2D eigenvalue weighted by molar-refractivity contribution is 6.66. The number of nitrogens with one attached hydrogen (secondary N) is 1. The first-order chi connectivity index (χ1) is 11.1. The van der Waals surface area contributed by atoms with Crippen molar-refractivity contribution < 1.29 is 9.47 Å². The number of H-pyrrole nitrogens is 1. The summed E-state index contributed by atoms with van der Waals surface area (Å²) in [6.07, 6.45) is 3.60. The van der Waals surface area contributed by atoms with Crippen molar-refractivity contribution in [3.05, 3.63) is 39.1 Å². The Balaban J connectivity index is 2.39. The van der Waals surface area contributed by atoms with Crippen molar-refractivity contribution in [2.45, 2.75) is 26.0 Å². The quantitative estimate of drug-likeness (QED) is 0.602.